The van der Waals surface area contributed by atoms with E-state index in [0.717, 1.165) is 24.3 Å². The van der Waals surface area contributed by atoms with E-state index in [2.05, 4.69) is 0 Å². The highest BCUT2D eigenvalue weighted by Gasteiger charge is 2.25. The van der Waals surface area contributed by atoms with Crippen molar-refractivity contribution in [2.24, 2.45) is 5.14 Å². The number of aliphatic hydroxyl groups is 1. The van der Waals surface area contributed by atoms with Crippen LogP contribution in [0.2, 0.25) is 0 Å². The maximum atomic E-state index is 12.0. The summed E-state index contributed by atoms with van der Waals surface area (Å²) in [5.41, 5.74) is 0. The number of nitrogens with two attached hydrogens (primary N) is 1. The molecule has 0 saturated carbocycles. The number of nitrogens with one attached hydrogen (secondary N) is 1. The lowest BCUT2D eigenvalue weighted by atomic mass is 10.2. The van der Waals surface area contributed by atoms with Gasteiger partial charge in [0, 0.05) is 6.61 Å². The van der Waals surface area contributed by atoms with Crippen LogP contribution >= 0.6 is 0 Å². The molecule has 0 unspecified atom stereocenters. The Morgan fingerprint density at radius 2 is 1.81 bits per heavy atom. The van der Waals surface area contributed by atoms with Gasteiger partial charge in [0.15, 0.2) is 0 Å². The van der Waals surface area contributed by atoms with Crippen molar-refractivity contribution in [3.63, 3.8) is 0 Å². The van der Waals surface area contributed by atoms with E-state index in [1.807, 2.05) is 4.72 Å². The summed E-state index contributed by atoms with van der Waals surface area (Å²) in [5.74, 6) is -1.46. The fourth-order valence-corrected chi connectivity index (χ4v) is 3.34. The number of hydrogen-bond acceptors (Lipinski definition) is 6. The molecule has 0 amide bonds. The SMILES string of the molecule is NS(=O)(=O)c1cccc(S(=O)(=O)N[C@@H](CCO)C(=O)O)c1. The van der Waals surface area contributed by atoms with Gasteiger partial charge in [-0.25, -0.2) is 22.0 Å². The van der Waals surface area contributed by atoms with E-state index < -0.39 is 48.5 Å². The zero-order valence-corrected chi connectivity index (χ0v) is 12.3. The lowest BCUT2D eigenvalue weighted by molar-refractivity contribution is -0.139. The number of carboxylic acids is 1. The first-order chi connectivity index (χ1) is 9.58. The smallest absolute Gasteiger partial charge is 0.321 e. The predicted molar refractivity (Wildman–Crippen MR) is 71.3 cm³/mol. The second-order valence-electron chi connectivity index (χ2n) is 4.04. The van der Waals surface area contributed by atoms with Crippen molar-refractivity contribution in [3.05, 3.63) is 24.3 Å². The molecule has 1 rings (SSSR count). The zero-order valence-electron chi connectivity index (χ0n) is 10.6. The molecule has 118 valence electrons. The minimum absolute atomic E-state index is 0.330. The summed E-state index contributed by atoms with van der Waals surface area (Å²) < 4.78 is 48.2. The third-order valence-corrected chi connectivity index (χ3v) is 4.84. The van der Waals surface area contributed by atoms with Crippen molar-refractivity contribution in [1.29, 1.82) is 0 Å². The van der Waals surface area contributed by atoms with E-state index >= 15 is 0 Å². The molecule has 21 heavy (non-hydrogen) atoms. The van der Waals surface area contributed by atoms with Gasteiger partial charge < -0.3 is 10.2 Å². The van der Waals surface area contributed by atoms with E-state index in [9.17, 15) is 21.6 Å². The van der Waals surface area contributed by atoms with Crippen LogP contribution < -0.4 is 9.86 Å². The number of carbonyl (C=O) groups is 1. The molecule has 1 aromatic rings. The van der Waals surface area contributed by atoms with E-state index in [1.54, 1.807) is 0 Å². The number of rotatable bonds is 7. The van der Waals surface area contributed by atoms with Gasteiger partial charge in [0.1, 0.15) is 6.04 Å². The maximum absolute atomic E-state index is 12.0. The molecule has 0 bridgehead atoms. The van der Waals surface area contributed by atoms with Gasteiger partial charge in [0.25, 0.3) is 0 Å². The molecule has 0 heterocycles. The summed E-state index contributed by atoms with van der Waals surface area (Å²) >= 11 is 0. The van der Waals surface area contributed by atoms with E-state index in [4.69, 9.17) is 15.4 Å². The molecule has 0 aromatic heterocycles. The summed E-state index contributed by atoms with van der Waals surface area (Å²) in [7, 11) is -8.36. The van der Waals surface area contributed by atoms with Crippen LogP contribution in [0, 0.1) is 0 Å². The van der Waals surface area contributed by atoms with Crippen LogP contribution in [-0.2, 0) is 24.8 Å². The monoisotopic (exact) mass is 338 g/mol. The Hall–Kier alpha value is -1.53. The van der Waals surface area contributed by atoms with Gasteiger partial charge in [0.05, 0.1) is 9.79 Å². The Labute approximate surface area is 121 Å². The zero-order chi connectivity index (χ0) is 16.3. The average molecular weight is 338 g/mol. The number of sulfonamides is 2. The number of benzene rings is 1. The Balaban J connectivity index is 3.16. The average Bonchev–Trinajstić information content (AvgIpc) is 2.37. The van der Waals surface area contributed by atoms with Gasteiger partial charge >= 0.3 is 5.97 Å². The first-order valence-corrected chi connectivity index (χ1v) is 8.60. The molecule has 0 fully saturated rings. The van der Waals surface area contributed by atoms with Crippen molar-refractivity contribution in [3.8, 4) is 0 Å². The minimum Gasteiger partial charge on any atom is -0.480 e. The van der Waals surface area contributed by atoms with Crippen LogP contribution in [0.5, 0.6) is 0 Å². The first kappa shape index (κ1) is 17.5. The van der Waals surface area contributed by atoms with Crippen LogP contribution in [0.4, 0.5) is 0 Å². The summed E-state index contributed by atoms with van der Waals surface area (Å²) in [6.45, 7) is -0.531. The second kappa shape index (κ2) is 6.49. The minimum atomic E-state index is -4.27. The first-order valence-electron chi connectivity index (χ1n) is 5.57. The van der Waals surface area contributed by atoms with Gasteiger partial charge in [-0.15, -0.1) is 0 Å². The van der Waals surface area contributed by atoms with Crippen molar-refractivity contribution in [2.75, 3.05) is 6.61 Å². The van der Waals surface area contributed by atoms with E-state index in [1.165, 1.54) is 0 Å². The topological polar surface area (TPSA) is 164 Å². The van der Waals surface area contributed by atoms with Crippen molar-refractivity contribution < 1.29 is 31.8 Å². The summed E-state index contributed by atoms with van der Waals surface area (Å²) in [6, 6.07) is 2.65. The standard InChI is InChI=1S/C10H14N2O7S2/c11-20(16,17)7-2-1-3-8(6-7)21(18,19)12-9(4-5-13)10(14)15/h1-3,6,9,12-13H,4-5H2,(H,14,15)(H2,11,16,17)/t9-/m0/s1. The molecular formula is C10H14N2O7S2. The molecular weight excluding hydrogens is 324 g/mol. The van der Waals surface area contributed by atoms with E-state index in [0.29, 0.717) is 0 Å². The van der Waals surface area contributed by atoms with E-state index in [-0.39, 0.29) is 6.42 Å². The molecule has 1 aromatic carbocycles. The highest BCUT2D eigenvalue weighted by molar-refractivity contribution is 7.90. The largest absolute Gasteiger partial charge is 0.480 e. The molecule has 0 saturated heterocycles. The van der Waals surface area contributed by atoms with Crippen LogP contribution in [0.25, 0.3) is 0 Å². The van der Waals surface area contributed by atoms with Crippen molar-refractivity contribution in [1.82, 2.24) is 4.72 Å². The molecule has 0 aliphatic heterocycles. The Kier molecular flexibility index (Phi) is 5.42. The van der Waals surface area contributed by atoms with Crippen molar-refractivity contribution >= 4 is 26.0 Å². The molecule has 0 spiro atoms. The predicted octanol–water partition coefficient (Wildman–Crippen LogP) is -1.55. The number of carboxylic acid groups (broad SMARTS) is 1. The Morgan fingerprint density at radius 3 is 2.29 bits per heavy atom. The van der Waals surface area contributed by atoms with Gasteiger partial charge in [-0.1, -0.05) is 6.07 Å². The second-order valence-corrected chi connectivity index (χ2v) is 7.32. The van der Waals surface area contributed by atoms with Crippen molar-refractivity contribution in [2.45, 2.75) is 22.3 Å². The lowest BCUT2D eigenvalue weighted by Gasteiger charge is -2.14. The molecule has 0 aliphatic rings. The van der Waals surface area contributed by atoms with Gasteiger partial charge in [-0.05, 0) is 24.6 Å². The molecule has 0 aliphatic carbocycles. The quantitative estimate of drug-likeness (QED) is 0.467. The summed E-state index contributed by atoms with van der Waals surface area (Å²) in [5, 5.41) is 22.5. The lowest BCUT2D eigenvalue weighted by Crippen LogP contribution is -2.41. The fraction of sp³-hybridized carbons (Fsp3) is 0.300. The molecule has 0 radical (unpaired) electrons. The number of hydrogen-bond donors (Lipinski definition) is 4. The van der Waals surface area contributed by atoms with Crippen LogP contribution in [-0.4, -0.2) is 45.7 Å². The Morgan fingerprint density at radius 1 is 1.24 bits per heavy atom. The number of aliphatic carboxylic acids is 1. The maximum Gasteiger partial charge on any atom is 0.321 e. The molecule has 1 atom stereocenters. The Bertz CT molecular complexity index is 728. The van der Waals surface area contributed by atoms with Crippen LogP contribution in [0.3, 0.4) is 0 Å². The highest BCUT2D eigenvalue weighted by Crippen LogP contribution is 2.15. The normalized spacial score (nSPS) is 13.8. The third-order valence-electron chi connectivity index (χ3n) is 2.46. The third kappa shape index (κ3) is 4.75. The molecule has 9 nitrogen and oxygen atoms in total. The highest BCUT2D eigenvalue weighted by atomic mass is 32.2. The van der Waals surface area contributed by atoms with Gasteiger partial charge in [0.2, 0.25) is 20.0 Å². The summed E-state index contributed by atoms with van der Waals surface area (Å²) in [4.78, 5) is 10.0. The van der Waals surface area contributed by atoms with Crippen LogP contribution in [0.1, 0.15) is 6.42 Å². The number of aliphatic hydroxyl groups excluding tert-OH is 1. The van der Waals surface area contributed by atoms with Gasteiger partial charge in [-0.3, -0.25) is 4.79 Å². The number of primary sulfonamides is 1. The molecule has 5 N–H and O–H groups in total. The van der Waals surface area contributed by atoms with Gasteiger partial charge in [-0.2, -0.15) is 4.72 Å². The fourth-order valence-electron chi connectivity index (χ4n) is 1.44. The van der Waals surface area contributed by atoms with Crippen LogP contribution in [0.15, 0.2) is 34.1 Å². The molecule has 11 heteroatoms. The summed E-state index contributed by atoms with van der Waals surface area (Å²) in [6.07, 6.45) is -0.330.